The van der Waals surface area contributed by atoms with Crippen LogP contribution in [-0.4, -0.2) is 21.0 Å². The zero-order chi connectivity index (χ0) is 13.4. The van der Waals surface area contributed by atoms with E-state index >= 15 is 0 Å². The third-order valence-electron chi connectivity index (χ3n) is 3.71. The van der Waals surface area contributed by atoms with E-state index < -0.39 is 0 Å². The molecule has 1 aliphatic rings. The quantitative estimate of drug-likeness (QED) is 0.771. The highest BCUT2D eigenvalue weighted by atomic mass is 16.3. The Morgan fingerprint density at radius 2 is 2.15 bits per heavy atom. The summed E-state index contributed by atoms with van der Waals surface area (Å²) >= 11 is 0. The van der Waals surface area contributed by atoms with E-state index in [0.717, 1.165) is 23.3 Å². The number of aromatic nitrogens is 3. The second kappa shape index (κ2) is 4.76. The number of nitrogens with one attached hydrogen (secondary N) is 1. The van der Waals surface area contributed by atoms with Crippen LogP contribution in [-0.2, 0) is 13.1 Å². The van der Waals surface area contributed by atoms with Crippen molar-refractivity contribution >= 4 is 11.0 Å². The van der Waals surface area contributed by atoms with E-state index in [1.54, 1.807) is 6.26 Å². The number of nitrogens with zero attached hydrogens (tertiary/aromatic N) is 3. The molecule has 5 nitrogen and oxygen atoms in total. The first-order valence-electron chi connectivity index (χ1n) is 6.97. The number of para-hydroxylation sites is 1. The predicted molar refractivity (Wildman–Crippen MR) is 75.2 cm³/mol. The number of furan rings is 1. The second-order valence-corrected chi connectivity index (χ2v) is 5.26. The van der Waals surface area contributed by atoms with Crippen LogP contribution in [0, 0.1) is 0 Å². The Hall–Kier alpha value is -2.14. The zero-order valence-corrected chi connectivity index (χ0v) is 11.1. The summed E-state index contributed by atoms with van der Waals surface area (Å²) in [5.41, 5.74) is 3.15. The zero-order valence-electron chi connectivity index (χ0n) is 11.1. The summed E-state index contributed by atoms with van der Waals surface area (Å²) in [5.74, 6) is 0.953. The van der Waals surface area contributed by atoms with Gasteiger partial charge in [-0.3, -0.25) is 0 Å². The number of hydrogen-bond donors (Lipinski definition) is 1. The Morgan fingerprint density at radius 1 is 1.25 bits per heavy atom. The van der Waals surface area contributed by atoms with E-state index in [4.69, 9.17) is 4.42 Å². The van der Waals surface area contributed by atoms with Gasteiger partial charge in [0.25, 0.3) is 0 Å². The van der Waals surface area contributed by atoms with Crippen LogP contribution in [0.2, 0.25) is 0 Å². The van der Waals surface area contributed by atoms with Gasteiger partial charge in [-0.1, -0.05) is 17.3 Å². The molecule has 1 aliphatic carbocycles. The first-order chi connectivity index (χ1) is 9.90. The monoisotopic (exact) mass is 268 g/mol. The highest BCUT2D eigenvalue weighted by molar-refractivity contribution is 5.73. The molecule has 102 valence electrons. The Labute approximate surface area is 116 Å². The number of hydrogen-bond acceptors (Lipinski definition) is 4. The average Bonchev–Trinajstić information content (AvgIpc) is 3.07. The first-order valence-corrected chi connectivity index (χ1v) is 6.97. The third-order valence-corrected chi connectivity index (χ3v) is 3.71. The molecule has 0 bridgehead atoms. The smallest absolute Gasteiger partial charge is 0.129 e. The maximum absolute atomic E-state index is 5.61. The van der Waals surface area contributed by atoms with Gasteiger partial charge < -0.3 is 9.73 Å². The molecular weight excluding hydrogens is 252 g/mol. The van der Waals surface area contributed by atoms with Gasteiger partial charge in [0, 0.05) is 18.2 Å². The van der Waals surface area contributed by atoms with Gasteiger partial charge in [0.2, 0.25) is 0 Å². The van der Waals surface area contributed by atoms with E-state index in [9.17, 15) is 0 Å². The summed E-state index contributed by atoms with van der Waals surface area (Å²) in [5, 5.41) is 11.9. The highest BCUT2D eigenvalue weighted by Crippen LogP contribution is 2.21. The van der Waals surface area contributed by atoms with E-state index in [1.807, 2.05) is 35.0 Å². The molecule has 4 rings (SSSR count). The lowest BCUT2D eigenvalue weighted by molar-refractivity contribution is 0.472. The fourth-order valence-corrected chi connectivity index (χ4v) is 2.38. The normalized spacial score (nSPS) is 15.0. The molecule has 0 atom stereocenters. The van der Waals surface area contributed by atoms with Crippen LogP contribution < -0.4 is 5.32 Å². The minimum Gasteiger partial charge on any atom is -0.467 e. The molecule has 3 aromatic rings. The molecular formula is C15H16N4O. The van der Waals surface area contributed by atoms with Crippen LogP contribution in [0.3, 0.4) is 0 Å². The van der Waals surface area contributed by atoms with Gasteiger partial charge >= 0.3 is 0 Å². The minimum absolute atomic E-state index is 0.620. The molecule has 0 aliphatic heterocycles. The molecule has 2 aromatic heterocycles. The minimum atomic E-state index is 0.620. The van der Waals surface area contributed by atoms with Crippen LogP contribution in [0.5, 0.6) is 0 Å². The predicted octanol–water partition coefficient (Wildman–Crippen LogP) is 2.32. The molecule has 1 fully saturated rings. The van der Waals surface area contributed by atoms with Gasteiger partial charge in [-0.15, -0.1) is 5.10 Å². The fourth-order valence-electron chi connectivity index (χ4n) is 2.38. The first kappa shape index (κ1) is 11.7. The van der Waals surface area contributed by atoms with E-state index in [2.05, 4.69) is 15.6 Å². The number of fused-ring (bicyclic) bond motifs is 1. The Bertz CT molecular complexity index is 726. The molecule has 0 radical (unpaired) electrons. The topological polar surface area (TPSA) is 55.9 Å². The van der Waals surface area contributed by atoms with Gasteiger partial charge in [0.15, 0.2) is 0 Å². The standard InChI is InChI=1S/C15H16N4O/c1-2-4-14-13(3-1)17-18-19(14)10-15-11(7-8-20-15)9-16-12-5-6-12/h1-4,7-8,12,16H,5-6,9-10H2. The SMILES string of the molecule is c1ccc2c(c1)nnn2Cc1occc1CNC1CC1. The lowest BCUT2D eigenvalue weighted by atomic mass is 10.2. The molecule has 20 heavy (non-hydrogen) atoms. The van der Waals surface area contributed by atoms with Crippen LogP contribution in [0.15, 0.2) is 41.0 Å². The molecule has 0 unspecified atom stereocenters. The van der Waals surface area contributed by atoms with Gasteiger partial charge in [-0.05, 0) is 31.0 Å². The Kier molecular flexibility index (Phi) is 2.77. The van der Waals surface area contributed by atoms with E-state index in [-0.39, 0.29) is 0 Å². The van der Waals surface area contributed by atoms with Crippen LogP contribution in [0.1, 0.15) is 24.2 Å². The van der Waals surface area contributed by atoms with Crippen molar-refractivity contribution in [2.75, 3.05) is 0 Å². The lowest BCUT2D eigenvalue weighted by Gasteiger charge is -2.04. The molecule has 1 N–H and O–H groups in total. The second-order valence-electron chi connectivity index (χ2n) is 5.26. The van der Waals surface area contributed by atoms with Crippen LogP contribution in [0.25, 0.3) is 11.0 Å². The van der Waals surface area contributed by atoms with Crippen molar-refractivity contribution in [2.24, 2.45) is 0 Å². The fraction of sp³-hybridized carbons (Fsp3) is 0.333. The average molecular weight is 268 g/mol. The van der Waals surface area contributed by atoms with Gasteiger partial charge in [-0.2, -0.15) is 0 Å². The Morgan fingerprint density at radius 3 is 3.05 bits per heavy atom. The van der Waals surface area contributed by atoms with Crippen molar-refractivity contribution in [1.82, 2.24) is 20.3 Å². The lowest BCUT2D eigenvalue weighted by Crippen LogP contribution is -2.16. The molecule has 1 saturated carbocycles. The van der Waals surface area contributed by atoms with Crippen molar-refractivity contribution in [1.29, 1.82) is 0 Å². The Balaban J connectivity index is 1.57. The summed E-state index contributed by atoms with van der Waals surface area (Å²) in [6, 6.07) is 10.7. The van der Waals surface area contributed by atoms with Gasteiger partial charge in [-0.25, -0.2) is 4.68 Å². The largest absolute Gasteiger partial charge is 0.467 e. The molecule has 0 saturated heterocycles. The molecule has 2 heterocycles. The highest BCUT2D eigenvalue weighted by Gasteiger charge is 2.21. The maximum atomic E-state index is 5.61. The summed E-state index contributed by atoms with van der Waals surface area (Å²) in [6.07, 6.45) is 4.33. The summed E-state index contributed by atoms with van der Waals surface area (Å²) < 4.78 is 7.49. The summed E-state index contributed by atoms with van der Waals surface area (Å²) in [4.78, 5) is 0. The van der Waals surface area contributed by atoms with Crippen molar-refractivity contribution in [3.8, 4) is 0 Å². The van der Waals surface area contributed by atoms with E-state index in [1.165, 1.54) is 18.4 Å². The molecule has 5 heteroatoms. The summed E-state index contributed by atoms with van der Waals surface area (Å²) in [6.45, 7) is 1.48. The van der Waals surface area contributed by atoms with Gasteiger partial charge in [0.1, 0.15) is 17.8 Å². The van der Waals surface area contributed by atoms with Crippen molar-refractivity contribution < 1.29 is 4.42 Å². The maximum Gasteiger partial charge on any atom is 0.129 e. The number of benzene rings is 1. The number of rotatable bonds is 5. The van der Waals surface area contributed by atoms with Crippen LogP contribution in [0.4, 0.5) is 0 Å². The van der Waals surface area contributed by atoms with Crippen LogP contribution >= 0.6 is 0 Å². The molecule has 0 amide bonds. The molecule has 0 spiro atoms. The summed E-state index contributed by atoms with van der Waals surface area (Å²) in [7, 11) is 0. The van der Waals surface area contributed by atoms with Crippen molar-refractivity contribution in [3.05, 3.63) is 47.9 Å². The van der Waals surface area contributed by atoms with Crippen molar-refractivity contribution in [3.63, 3.8) is 0 Å². The van der Waals surface area contributed by atoms with E-state index in [0.29, 0.717) is 12.6 Å². The van der Waals surface area contributed by atoms with Crippen molar-refractivity contribution in [2.45, 2.75) is 32.0 Å². The van der Waals surface area contributed by atoms with Gasteiger partial charge in [0.05, 0.1) is 11.8 Å². The third kappa shape index (κ3) is 2.20. The molecule has 1 aromatic carbocycles.